The van der Waals surface area contributed by atoms with E-state index in [2.05, 4.69) is 24.3 Å². The van der Waals surface area contributed by atoms with Crippen LogP contribution in [0.5, 0.6) is 0 Å². The van der Waals surface area contributed by atoms with E-state index in [0.717, 1.165) is 5.69 Å². The van der Waals surface area contributed by atoms with E-state index in [9.17, 15) is 4.79 Å². The molecule has 0 bridgehead atoms. The van der Waals surface area contributed by atoms with E-state index in [-0.39, 0.29) is 11.9 Å². The lowest BCUT2D eigenvalue weighted by Gasteiger charge is -2.39. The highest BCUT2D eigenvalue weighted by atomic mass is 32.2. The van der Waals surface area contributed by atoms with Crippen LogP contribution < -0.4 is 4.90 Å². The molecule has 0 radical (unpaired) electrons. The number of thioether (sulfide) groups is 1. The molecular formula is C14H13NOS. The number of nitrogens with zero attached hydrogens (tertiary/aromatic N) is 1. The predicted octanol–water partition coefficient (Wildman–Crippen LogP) is 3.01. The predicted molar refractivity (Wildman–Crippen MR) is 71.3 cm³/mol. The summed E-state index contributed by atoms with van der Waals surface area (Å²) in [6.07, 6.45) is 8.35. The zero-order valence-electron chi connectivity index (χ0n) is 9.54. The number of hydrogen-bond donors (Lipinski definition) is 0. The number of carbonyl (C=O) groups is 1. The van der Waals surface area contributed by atoms with Gasteiger partial charge in [-0.2, -0.15) is 0 Å². The first kappa shape index (κ1) is 10.7. The molecule has 0 fully saturated rings. The largest absolute Gasteiger partial charge is 0.303 e. The molecule has 0 N–H and O–H groups in total. The Morgan fingerprint density at radius 2 is 2.00 bits per heavy atom. The summed E-state index contributed by atoms with van der Waals surface area (Å²) in [6.45, 7) is 1.63. The van der Waals surface area contributed by atoms with E-state index < -0.39 is 0 Å². The Morgan fingerprint density at radius 3 is 2.82 bits per heavy atom. The summed E-state index contributed by atoms with van der Waals surface area (Å²) in [5.74, 6) is 0.104. The summed E-state index contributed by atoms with van der Waals surface area (Å²) in [7, 11) is 0. The Labute approximate surface area is 105 Å². The van der Waals surface area contributed by atoms with Crippen molar-refractivity contribution in [3.05, 3.63) is 48.6 Å². The average molecular weight is 243 g/mol. The van der Waals surface area contributed by atoms with E-state index >= 15 is 0 Å². The molecule has 3 rings (SSSR count). The summed E-state index contributed by atoms with van der Waals surface area (Å²) in [6, 6.07) is 8.26. The van der Waals surface area contributed by atoms with Crippen molar-refractivity contribution in [3.8, 4) is 0 Å². The van der Waals surface area contributed by atoms with Gasteiger partial charge in [-0.3, -0.25) is 4.79 Å². The van der Waals surface area contributed by atoms with Gasteiger partial charge in [-0.1, -0.05) is 36.4 Å². The minimum atomic E-state index is 0.104. The number of para-hydroxylation sites is 1. The van der Waals surface area contributed by atoms with Gasteiger partial charge in [-0.25, -0.2) is 0 Å². The molecule has 3 heteroatoms. The number of amides is 1. The van der Waals surface area contributed by atoms with Crippen LogP contribution in [0.2, 0.25) is 0 Å². The summed E-state index contributed by atoms with van der Waals surface area (Å²) in [4.78, 5) is 15.0. The van der Waals surface area contributed by atoms with E-state index in [4.69, 9.17) is 0 Å². The van der Waals surface area contributed by atoms with Crippen molar-refractivity contribution in [2.24, 2.45) is 0 Å². The quantitative estimate of drug-likeness (QED) is 0.698. The molecule has 86 valence electrons. The van der Waals surface area contributed by atoms with E-state index in [1.165, 1.54) is 4.90 Å². The Balaban J connectivity index is 2.12. The van der Waals surface area contributed by atoms with E-state index in [1.54, 1.807) is 6.92 Å². The molecule has 0 aromatic heterocycles. The van der Waals surface area contributed by atoms with Gasteiger partial charge < -0.3 is 4.90 Å². The smallest absolute Gasteiger partial charge is 0.224 e. The van der Waals surface area contributed by atoms with Crippen molar-refractivity contribution in [3.63, 3.8) is 0 Å². The highest BCUT2D eigenvalue weighted by Crippen LogP contribution is 2.43. The molecule has 2 nitrogen and oxygen atoms in total. The molecule has 2 atom stereocenters. The zero-order chi connectivity index (χ0) is 11.8. The van der Waals surface area contributed by atoms with Gasteiger partial charge in [0, 0.05) is 11.8 Å². The average Bonchev–Trinajstić information content (AvgIpc) is 2.35. The van der Waals surface area contributed by atoms with E-state index in [1.807, 2.05) is 40.9 Å². The highest BCUT2D eigenvalue weighted by molar-refractivity contribution is 8.00. The van der Waals surface area contributed by atoms with Crippen LogP contribution in [0.3, 0.4) is 0 Å². The number of anilines is 1. The maximum atomic E-state index is 11.9. The zero-order valence-corrected chi connectivity index (χ0v) is 10.4. The number of carbonyl (C=O) groups excluding carboxylic acids is 1. The Morgan fingerprint density at radius 1 is 1.24 bits per heavy atom. The first-order valence-electron chi connectivity index (χ1n) is 5.68. The Hall–Kier alpha value is -1.48. The SMILES string of the molecule is CC(=O)N1c2ccccc2SC2C=CC=CC21. The maximum Gasteiger partial charge on any atom is 0.224 e. The van der Waals surface area contributed by atoms with Crippen molar-refractivity contribution >= 4 is 23.4 Å². The number of hydrogen-bond acceptors (Lipinski definition) is 2. The standard InChI is InChI=1S/C14H13NOS/c1-10(16)15-11-6-2-4-8-13(11)17-14-9-5-3-7-12(14)15/h2-9,11,13H,1H3. The van der Waals surface area contributed by atoms with Gasteiger partial charge in [0.2, 0.25) is 5.91 Å². The second kappa shape index (κ2) is 4.08. The van der Waals surface area contributed by atoms with Crippen molar-refractivity contribution < 1.29 is 4.79 Å². The maximum absolute atomic E-state index is 11.9. The van der Waals surface area contributed by atoms with Crippen LogP contribution in [-0.4, -0.2) is 17.2 Å². The molecule has 0 spiro atoms. The van der Waals surface area contributed by atoms with Crippen molar-refractivity contribution in [1.82, 2.24) is 0 Å². The molecule has 0 saturated carbocycles. The van der Waals surface area contributed by atoms with Crippen LogP contribution in [0.1, 0.15) is 6.92 Å². The number of rotatable bonds is 0. The molecule has 1 amide bonds. The molecule has 1 heterocycles. The van der Waals surface area contributed by atoms with Crippen molar-refractivity contribution in [2.75, 3.05) is 4.90 Å². The molecule has 2 aliphatic rings. The van der Waals surface area contributed by atoms with Gasteiger partial charge in [0.1, 0.15) is 0 Å². The fraction of sp³-hybridized carbons (Fsp3) is 0.214. The third-order valence-electron chi connectivity index (χ3n) is 3.08. The molecule has 1 aromatic carbocycles. The fourth-order valence-electron chi connectivity index (χ4n) is 2.36. The normalized spacial score (nSPS) is 25.4. The second-order valence-electron chi connectivity index (χ2n) is 4.20. The number of benzene rings is 1. The topological polar surface area (TPSA) is 20.3 Å². The minimum Gasteiger partial charge on any atom is -0.303 e. The summed E-state index contributed by atoms with van der Waals surface area (Å²) in [5, 5.41) is 0.332. The lowest BCUT2D eigenvalue weighted by atomic mass is 10.0. The Bertz CT molecular complexity index is 521. The summed E-state index contributed by atoms with van der Waals surface area (Å²) < 4.78 is 0. The number of allylic oxidation sites excluding steroid dienone is 2. The van der Waals surface area contributed by atoms with Crippen LogP contribution in [-0.2, 0) is 4.79 Å². The first-order valence-corrected chi connectivity index (χ1v) is 6.56. The van der Waals surface area contributed by atoms with Gasteiger partial charge >= 0.3 is 0 Å². The van der Waals surface area contributed by atoms with Gasteiger partial charge in [0.05, 0.1) is 17.0 Å². The van der Waals surface area contributed by atoms with E-state index in [0.29, 0.717) is 5.25 Å². The van der Waals surface area contributed by atoms with Gasteiger partial charge in [0.15, 0.2) is 0 Å². The monoisotopic (exact) mass is 243 g/mol. The third kappa shape index (κ3) is 1.71. The summed E-state index contributed by atoms with van der Waals surface area (Å²) >= 11 is 1.83. The van der Waals surface area contributed by atoms with Crippen LogP contribution in [0.15, 0.2) is 53.5 Å². The molecule has 17 heavy (non-hydrogen) atoms. The molecule has 1 aliphatic carbocycles. The van der Waals surface area contributed by atoms with Crippen LogP contribution >= 0.6 is 11.8 Å². The minimum absolute atomic E-state index is 0.104. The van der Waals surface area contributed by atoms with Crippen molar-refractivity contribution in [2.45, 2.75) is 23.1 Å². The first-order chi connectivity index (χ1) is 8.27. The number of fused-ring (bicyclic) bond motifs is 2. The Kier molecular flexibility index (Phi) is 2.56. The fourth-order valence-corrected chi connectivity index (χ4v) is 3.62. The third-order valence-corrected chi connectivity index (χ3v) is 4.39. The van der Waals surface area contributed by atoms with Gasteiger partial charge in [-0.15, -0.1) is 11.8 Å². The van der Waals surface area contributed by atoms with Crippen molar-refractivity contribution in [1.29, 1.82) is 0 Å². The molecule has 1 aliphatic heterocycles. The molecular weight excluding hydrogens is 230 g/mol. The molecule has 2 unspecified atom stereocenters. The van der Waals surface area contributed by atoms with Gasteiger partial charge in [0.25, 0.3) is 0 Å². The van der Waals surface area contributed by atoms with Crippen LogP contribution in [0.4, 0.5) is 5.69 Å². The van der Waals surface area contributed by atoms with Gasteiger partial charge in [-0.05, 0) is 12.1 Å². The lowest BCUT2D eigenvalue weighted by molar-refractivity contribution is -0.116. The summed E-state index contributed by atoms with van der Waals surface area (Å²) in [5.41, 5.74) is 1.03. The highest BCUT2D eigenvalue weighted by Gasteiger charge is 2.34. The van der Waals surface area contributed by atoms with Crippen LogP contribution in [0.25, 0.3) is 0 Å². The second-order valence-corrected chi connectivity index (χ2v) is 5.42. The van der Waals surface area contributed by atoms with Crippen LogP contribution in [0, 0.1) is 0 Å². The molecule has 0 saturated heterocycles. The lowest BCUT2D eigenvalue weighted by Crippen LogP contribution is -2.46. The molecule has 1 aromatic rings.